The molecule has 4 nitrogen and oxygen atoms in total. The molecule has 0 unspecified atom stereocenters. The lowest BCUT2D eigenvalue weighted by molar-refractivity contribution is 0.202. The molecule has 2 rings (SSSR count). The lowest BCUT2D eigenvalue weighted by Gasteiger charge is -2.07. The molecule has 0 saturated carbocycles. The van der Waals surface area contributed by atoms with Gasteiger partial charge in [-0.05, 0) is 30.2 Å². The van der Waals surface area contributed by atoms with Crippen molar-refractivity contribution in [2.75, 3.05) is 13.7 Å². The minimum atomic E-state index is -0.0901. The Hall–Kier alpha value is -1.91. The summed E-state index contributed by atoms with van der Waals surface area (Å²) in [5.41, 5.74) is 1.80. The van der Waals surface area contributed by atoms with Crippen LogP contribution in [0.5, 0.6) is 11.5 Å². The summed E-state index contributed by atoms with van der Waals surface area (Å²) in [6, 6.07) is 11.4. The third-order valence-corrected chi connectivity index (χ3v) is 2.70. The zero-order valence-electron chi connectivity index (χ0n) is 10.9. The predicted octanol–water partition coefficient (Wildman–Crippen LogP) is 2.56. The number of hydrogen-bond acceptors (Lipinski definition) is 4. The number of aliphatic hydroxyl groups is 1. The highest BCUT2D eigenvalue weighted by molar-refractivity contribution is 5.33. The fourth-order valence-corrected chi connectivity index (χ4v) is 1.69. The Bertz CT molecular complexity index is 511. The second kappa shape index (κ2) is 6.87. The van der Waals surface area contributed by atoms with Crippen LogP contribution in [0.4, 0.5) is 0 Å². The molecule has 1 N–H and O–H groups in total. The SMILES string of the molecule is COCCc1ccc(Oc2ccnc(CO)c2)cc1. The summed E-state index contributed by atoms with van der Waals surface area (Å²) in [5, 5.41) is 9.02. The topological polar surface area (TPSA) is 51.6 Å². The number of ether oxygens (including phenoxy) is 2. The number of hydrogen-bond donors (Lipinski definition) is 1. The van der Waals surface area contributed by atoms with Gasteiger partial charge in [0, 0.05) is 19.4 Å². The van der Waals surface area contributed by atoms with Crippen molar-refractivity contribution in [1.82, 2.24) is 4.98 Å². The van der Waals surface area contributed by atoms with Crippen LogP contribution >= 0.6 is 0 Å². The molecule has 2 aromatic rings. The van der Waals surface area contributed by atoms with Crippen LogP contribution in [0, 0.1) is 0 Å². The van der Waals surface area contributed by atoms with E-state index >= 15 is 0 Å². The van der Waals surface area contributed by atoms with E-state index in [0.717, 1.165) is 12.2 Å². The smallest absolute Gasteiger partial charge is 0.130 e. The van der Waals surface area contributed by atoms with E-state index in [-0.39, 0.29) is 6.61 Å². The van der Waals surface area contributed by atoms with Gasteiger partial charge in [-0.2, -0.15) is 0 Å². The molecule has 100 valence electrons. The number of pyridine rings is 1. The number of nitrogens with zero attached hydrogens (tertiary/aromatic N) is 1. The van der Waals surface area contributed by atoms with E-state index in [2.05, 4.69) is 4.98 Å². The maximum atomic E-state index is 9.02. The van der Waals surface area contributed by atoms with Crippen LogP contribution in [0.3, 0.4) is 0 Å². The summed E-state index contributed by atoms with van der Waals surface area (Å²) in [4.78, 5) is 4.00. The van der Waals surface area contributed by atoms with Gasteiger partial charge in [0.1, 0.15) is 11.5 Å². The molecule has 0 aliphatic heterocycles. The van der Waals surface area contributed by atoms with Gasteiger partial charge in [-0.3, -0.25) is 4.98 Å². The van der Waals surface area contributed by atoms with E-state index in [1.807, 2.05) is 24.3 Å². The van der Waals surface area contributed by atoms with Crippen molar-refractivity contribution in [1.29, 1.82) is 0 Å². The lowest BCUT2D eigenvalue weighted by atomic mass is 10.1. The first-order valence-corrected chi connectivity index (χ1v) is 6.13. The highest BCUT2D eigenvalue weighted by atomic mass is 16.5. The van der Waals surface area contributed by atoms with Gasteiger partial charge in [-0.1, -0.05) is 12.1 Å². The first-order chi connectivity index (χ1) is 9.31. The van der Waals surface area contributed by atoms with Crippen LogP contribution in [0.2, 0.25) is 0 Å². The molecular weight excluding hydrogens is 242 g/mol. The van der Waals surface area contributed by atoms with Gasteiger partial charge in [0.25, 0.3) is 0 Å². The van der Waals surface area contributed by atoms with Crippen molar-refractivity contribution in [2.45, 2.75) is 13.0 Å². The van der Waals surface area contributed by atoms with Gasteiger partial charge in [0.05, 0.1) is 18.9 Å². The second-order valence-corrected chi connectivity index (χ2v) is 4.13. The van der Waals surface area contributed by atoms with E-state index in [0.29, 0.717) is 18.1 Å². The molecule has 19 heavy (non-hydrogen) atoms. The standard InChI is InChI=1S/C15H17NO3/c1-18-9-7-12-2-4-14(5-3-12)19-15-6-8-16-13(10-15)11-17/h2-6,8,10,17H,7,9,11H2,1H3. The molecular formula is C15H17NO3. The molecule has 0 atom stereocenters. The van der Waals surface area contributed by atoms with Crippen LogP contribution in [-0.4, -0.2) is 23.8 Å². The van der Waals surface area contributed by atoms with Crippen molar-refractivity contribution in [2.24, 2.45) is 0 Å². The number of methoxy groups -OCH3 is 1. The van der Waals surface area contributed by atoms with E-state index in [4.69, 9.17) is 14.6 Å². The van der Waals surface area contributed by atoms with Gasteiger partial charge in [-0.15, -0.1) is 0 Å². The van der Waals surface area contributed by atoms with Crippen molar-refractivity contribution < 1.29 is 14.6 Å². The van der Waals surface area contributed by atoms with Crippen molar-refractivity contribution in [3.63, 3.8) is 0 Å². The van der Waals surface area contributed by atoms with Crippen LogP contribution in [0.1, 0.15) is 11.3 Å². The van der Waals surface area contributed by atoms with Gasteiger partial charge >= 0.3 is 0 Å². The highest BCUT2D eigenvalue weighted by Crippen LogP contribution is 2.22. The Balaban J connectivity index is 2.02. The summed E-state index contributed by atoms with van der Waals surface area (Å²) in [7, 11) is 1.69. The summed E-state index contributed by atoms with van der Waals surface area (Å²) in [6.45, 7) is 0.623. The second-order valence-electron chi connectivity index (χ2n) is 4.13. The van der Waals surface area contributed by atoms with E-state index in [1.54, 1.807) is 25.4 Å². The third kappa shape index (κ3) is 4.05. The van der Waals surface area contributed by atoms with E-state index in [1.165, 1.54) is 5.56 Å². The molecule has 0 amide bonds. The molecule has 1 aromatic carbocycles. The normalized spacial score (nSPS) is 10.4. The van der Waals surface area contributed by atoms with Gasteiger partial charge in [0.15, 0.2) is 0 Å². The van der Waals surface area contributed by atoms with E-state index < -0.39 is 0 Å². The van der Waals surface area contributed by atoms with Crippen molar-refractivity contribution in [3.8, 4) is 11.5 Å². The Morgan fingerprint density at radius 2 is 1.89 bits per heavy atom. The maximum Gasteiger partial charge on any atom is 0.130 e. The molecule has 0 aliphatic rings. The van der Waals surface area contributed by atoms with E-state index in [9.17, 15) is 0 Å². The monoisotopic (exact) mass is 259 g/mol. The largest absolute Gasteiger partial charge is 0.457 e. The third-order valence-electron chi connectivity index (χ3n) is 2.70. The molecule has 1 aromatic heterocycles. The van der Waals surface area contributed by atoms with Crippen LogP contribution in [0.15, 0.2) is 42.6 Å². The van der Waals surface area contributed by atoms with Crippen LogP contribution in [0.25, 0.3) is 0 Å². The van der Waals surface area contributed by atoms with Crippen molar-refractivity contribution >= 4 is 0 Å². The summed E-state index contributed by atoms with van der Waals surface area (Å²) < 4.78 is 10.7. The number of benzene rings is 1. The first kappa shape index (κ1) is 13.5. The molecule has 0 spiro atoms. The Morgan fingerprint density at radius 3 is 2.58 bits per heavy atom. The Kier molecular flexibility index (Phi) is 4.89. The Morgan fingerprint density at radius 1 is 1.11 bits per heavy atom. The predicted molar refractivity (Wildman–Crippen MR) is 72.3 cm³/mol. The summed E-state index contributed by atoms with van der Waals surface area (Å²) in [6.07, 6.45) is 2.51. The van der Waals surface area contributed by atoms with Crippen LogP contribution < -0.4 is 4.74 Å². The highest BCUT2D eigenvalue weighted by Gasteiger charge is 2.00. The number of aliphatic hydroxyl groups excluding tert-OH is 1. The molecule has 0 radical (unpaired) electrons. The fraction of sp³-hybridized carbons (Fsp3) is 0.267. The summed E-state index contributed by atoms with van der Waals surface area (Å²) >= 11 is 0. The van der Waals surface area contributed by atoms with Gasteiger partial charge in [-0.25, -0.2) is 0 Å². The minimum Gasteiger partial charge on any atom is -0.457 e. The number of aromatic nitrogens is 1. The molecule has 4 heteroatoms. The van der Waals surface area contributed by atoms with Gasteiger partial charge in [0.2, 0.25) is 0 Å². The minimum absolute atomic E-state index is 0.0901. The quantitative estimate of drug-likeness (QED) is 0.866. The molecule has 0 bridgehead atoms. The molecule has 0 aliphatic carbocycles. The maximum absolute atomic E-state index is 9.02. The summed E-state index contributed by atoms with van der Waals surface area (Å²) in [5.74, 6) is 1.43. The molecule has 1 heterocycles. The first-order valence-electron chi connectivity index (χ1n) is 6.13. The average molecular weight is 259 g/mol. The Labute approximate surface area is 112 Å². The van der Waals surface area contributed by atoms with Gasteiger partial charge < -0.3 is 14.6 Å². The molecule has 0 fully saturated rings. The zero-order chi connectivity index (χ0) is 13.5. The van der Waals surface area contributed by atoms with Crippen molar-refractivity contribution in [3.05, 3.63) is 53.9 Å². The average Bonchev–Trinajstić information content (AvgIpc) is 2.47. The number of rotatable bonds is 6. The zero-order valence-corrected chi connectivity index (χ0v) is 10.9. The fourth-order valence-electron chi connectivity index (χ4n) is 1.69. The lowest BCUT2D eigenvalue weighted by Crippen LogP contribution is -1.94. The molecule has 0 saturated heterocycles. The van der Waals surface area contributed by atoms with Crippen LogP contribution in [-0.2, 0) is 17.8 Å².